The molecule has 112 valence electrons. The number of carbonyl (C=O) groups excluding carboxylic acids is 1. The summed E-state index contributed by atoms with van der Waals surface area (Å²) in [4.78, 5) is 12.0. The van der Waals surface area contributed by atoms with Crippen molar-refractivity contribution in [3.8, 4) is 0 Å². The molecule has 0 aliphatic carbocycles. The monoisotopic (exact) mass is 312 g/mol. The summed E-state index contributed by atoms with van der Waals surface area (Å²) >= 11 is 6.08. The molecule has 3 rings (SSSR count). The molecule has 3 nitrogen and oxygen atoms in total. The third-order valence-corrected chi connectivity index (χ3v) is 4.06. The Morgan fingerprint density at radius 2 is 1.82 bits per heavy atom. The molecule has 0 saturated carbocycles. The molecule has 1 heterocycles. The number of aromatic nitrogens is 1. The molecule has 1 N–H and O–H groups in total. The molecule has 0 bridgehead atoms. The standard InChI is InChI=1S/C18H17ClN2O/c19-16-7-3-1-6-15(16)13-20-18(22)10-12-21-11-9-14-5-2-4-8-17(14)21/h1-9,11H,10,12-13H2,(H,20,22). The highest BCUT2D eigenvalue weighted by Crippen LogP contribution is 2.16. The van der Waals surface area contributed by atoms with Crippen LogP contribution >= 0.6 is 11.6 Å². The fourth-order valence-electron chi connectivity index (χ4n) is 2.48. The Bertz CT molecular complexity index is 794. The summed E-state index contributed by atoms with van der Waals surface area (Å²) in [7, 11) is 0. The molecule has 2 aromatic carbocycles. The quantitative estimate of drug-likeness (QED) is 0.759. The van der Waals surface area contributed by atoms with E-state index < -0.39 is 0 Å². The number of hydrogen-bond acceptors (Lipinski definition) is 1. The summed E-state index contributed by atoms with van der Waals surface area (Å²) in [6.07, 6.45) is 2.47. The van der Waals surface area contributed by atoms with E-state index in [1.807, 2.05) is 42.6 Å². The minimum atomic E-state index is 0.0256. The number of nitrogens with zero attached hydrogens (tertiary/aromatic N) is 1. The number of amides is 1. The Balaban J connectivity index is 1.55. The first-order valence-corrected chi connectivity index (χ1v) is 7.66. The topological polar surface area (TPSA) is 34.0 Å². The van der Waals surface area contributed by atoms with Crippen LogP contribution < -0.4 is 5.32 Å². The van der Waals surface area contributed by atoms with Gasteiger partial charge >= 0.3 is 0 Å². The van der Waals surface area contributed by atoms with Crippen LogP contribution in [-0.2, 0) is 17.9 Å². The van der Waals surface area contributed by atoms with Crippen LogP contribution in [0.4, 0.5) is 0 Å². The van der Waals surface area contributed by atoms with Gasteiger partial charge in [0.25, 0.3) is 0 Å². The van der Waals surface area contributed by atoms with E-state index in [4.69, 9.17) is 11.6 Å². The van der Waals surface area contributed by atoms with Crippen molar-refractivity contribution in [3.63, 3.8) is 0 Å². The number of halogens is 1. The van der Waals surface area contributed by atoms with Crippen LogP contribution in [0.1, 0.15) is 12.0 Å². The lowest BCUT2D eigenvalue weighted by Gasteiger charge is -2.08. The SMILES string of the molecule is O=C(CCn1ccc2ccccc21)NCc1ccccc1Cl. The summed E-state index contributed by atoms with van der Waals surface area (Å²) in [5.74, 6) is 0.0256. The molecule has 0 spiro atoms. The van der Waals surface area contributed by atoms with Gasteiger partial charge < -0.3 is 9.88 Å². The number of fused-ring (bicyclic) bond motifs is 1. The predicted octanol–water partition coefficient (Wildman–Crippen LogP) is 4.00. The number of carbonyl (C=O) groups is 1. The lowest BCUT2D eigenvalue weighted by Crippen LogP contribution is -2.23. The highest BCUT2D eigenvalue weighted by atomic mass is 35.5. The molecule has 0 atom stereocenters. The first-order chi connectivity index (χ1) is 10.7. The first kappa shape index (κ1) is 14.7. The van der Waals surface area contributed by atoms with E-state index >= 15 is 0 Å². The molecule has 0 aliphatic rings. The molecule has 3 aromatic rings. The summed E-state index contributed by atoms with van der Waals surface area (Å²) in [5.41, 5.74) is 2.09. The van der Waals surface area contributed by atoms with E-state index in [9.17, 15) is 4.79 Å². The fraction of sp³-hybridized carbons (Fsp3) is 0.167. The van der Waals surface area contributed by atoms with E-state index in [0.29, 0.717) is 24.5 Å². The number of benzene rings is 2. The van der Waals surface area contributed by atoms with Crippen LogP contribution in [0.25, 0.3) is 10.9 Å². The zero-order valence-electron chi connectivity index (χ0n) is 12.1. The molecule has 0 fully saturated rings. The third-order valence-electron chi connectivity index (χ3n) is 3.69. The van der Waals surface area contributed by atoms with Crippen molar-refractivity contribution >= 4 is 28.4 Å². The Morgan fingerprint density at radius 3 is 2.68 bits per heavy atom. The van der Waals surface area contributed by atoms with Gasteiger partial charge in [-0.3, -0.25) is 4.79 Å². The van der Waals surface area contributed by atoms with E-state index in [-0.39, 0.29) is 5.91 Å². The molecule has 4 heteroatoms. The van der Waals surface area contributed by atoms with Crippen molar-refractivity contribution in [2.45, 2.75) is 19.5 Å². The fourth-order valence-corrected chi connectivity index (χ4v) is 2.68. The van der Waals surface area contributed by atoms with Crippen LogP contribution in [0, 0.1) is 0 Å². The summed E-state index contributed by atoms with van der Waals surface area (Å²) in [6, 6.07) is 17.8. The Morgan fingerprint density at radius 1 is 1.05 bits per heavy atom. The van der Waals surface area contributed by atoms with Crippen molar-refractivity contribution in [2.75, 3.05) is 0 Å². The Kier molecular flexibility index (Phi) is 4.45. The van der Waals surface area contributed by atoms with Gasteiger partial charge in [-0.1, -0.05) is 48.0 Å². The van der Waals surface area contributed by atoms with Gasteiger partial charge in [-0.15, -0.1) is 0 Å². The van der Waals surface area contributed by atoms with E-state index in [2.05, 4.69) is 28.1 Å². The molecule has 0 saturated heterocycles. The number of para-hydroxylation sites is 1. The molecular weight excluding hydrogens is 296 g/mol. The van der Waals surface area contributed by atoms with Gasteiger partial charge in [0, 0.05) is 36.2 Å². The van der Waals surface area contributed by atoms with Gasteiger partial charge in [0.2, 0.25) is 5.91 Å². The van der Waals surface area contributed by atoms with Gasteiger partial charge in [0.05, 0.1) is 0 Å². The van der Waals surface area contributed by atoms with Crippen molar-refractivity contribution < 1.29 is 4.79 Å². The second kappa shape index (κ2) is 6.67. The molecule has 22 heavy (non-hydrogen) atoms. The summed E-state index contributed by atoms with van der Waals surface area (Å²) < 4.78 is 2.10. The molecular formula is C18H17ClN2O. The van der Waals surface area contributed by atoms with E-state index in [0.717, 1.165) is 11.1 Å². The maximum atomic E-state index is 12.0. The van der Waals surface area contributed by atoms with Crippen LogP contribution in [0.3, 0.4) is 0 Å². The van der Waals surface area contributed by atoms with Crippen LogP contribution in [0.2, 0.25) is 5.02 Å². The van der Waals surface area contributed by atoms with Gasteiger partial charge in [-0.25, -0.2) is 0 Å². The number of aryl methyl sites for hydroxylation is 1. The van der Waals surface area contributed by atoms with Gasteiger partial charge in [-0.05, 0) is 29.1 Å². The second-order valence-electron chi connectivity index (χ2n) is 5.19. The van der Waals surface area contributed by atoms with Gasteiger partial charge in [0.15, 0.2) is 0 Å². The van der Waals surface area contributed by atoms with Crippen molar-refractivity contribution in [1.82, 2.24) is 9.88 Å². The number of rotatable bonds is 5. The minimum absolute atomic E-state index is 0.0256. The normalized spacial score (nSPS) is 10.8. The van der Waals surface area contributed by atoms with E-state index in [1.54, 1.807) is 0 Å². The lowest BCUT2D eigenvalue weighted by atomic mass is 10.2. The van der Waals surface area contributed by atoms with Crippen LogP contribution in [0.15, 0.2) is 60.8 Å². The molecule has 1 aromatic heterocycles. The highest BCUT2D eigenvalue weighted by molar-refractivity contribution is 6.31. The average Bonchev–Trinajstić information content (AvgIpc) is 2.95. The van der Waals surface area contributed by atoms with Crippen LogP contribution in [-0.4, -0.2) is 10.5 Å². The van der Waals surface area contributed by atoms with Gasteiger partial charge in [-0.2, -0.15) is 0 Å². The Labute approximate surface area is 134 Å². The first-order valence-electron chi connectivity index (χ1n) is 7.28. The second-order valence-corrected chi connectivity index (χ2v) is 5.59. The molecule has 0 aliphatic heterocycles. The zero-order valence-corrected chi connectivity index (χ0v) is 12.9. The molecule has 1 amide bonds. The summed E-state index contributed by atoms with van der Waals surface area (Å²) in [6.45, 7) is 1.13. The smallest absolute Gasteiger partial charge is 0.222 e. The van der Waals surface area contributed by atoms with Gasteiger partial charge in [0.1, 0.15) is 0 Å². The average molecular weight is 313 g/mol. The predicted molar refractivity (Wildman–Crippen MR) is 89.9 cm³/mol. The minimum Gasteiger partial charge on any atom is -0.352 e. The van der Waals surface area contributed by atoms with Crippen LogP contribution in [0.5, 0.6) is 0 Å². The third kappa shape index (κ3) is 3.31. The number of nitrogens with one attached hydrogen (secondary N) is 1. The lowest BCUT2D eigenvalue weighted by molar-refractivity contribution is -0.121. The largest absolute Gasteiger partial charge is 0.352 e. The maximum absolute atomic E-state index is 12.0. The van der Waals surface area contributed by atoms with Crippen molar-refractivity contribution in [1.29, 1.82) is 0 Å². The zero-order chi connectivity index (χ0) is 15.4. The highest BCUT2D eigenvalue weighted by Gasteiger charge is 2.05. The van der Waals surface area contributed by atoms with Crippen molar-refractivity contribution in [3.05, 3.63) is 71.4 Å². The van der Waals surface area contributed by atoms with E-state index in [1.165, 1.54) is 5.39 Å². The number of hydrogen-bond donors (Lipinski definition) is 1. The summed E-state index contributed by atoms with van der Waals surface area (Å²) in [5, 5.41) is 4.79. The maximum Gasteiger partial charge on any atom is 0.222 e. The van der Waals surface area contributed by atoms with Crippen molar-refractivity contribution in [2.24, 2.45) is 0 Å². The molecule has 0 radical (unpaired) electrons. The Hall–Kier alpha value is -2.26. The molecule has 0 unspecified atom stereocenters.